The molecule has 0 aliphatic carbocycles. The van der Waals surface area contributed by atoms with Crippen molar-refractivity contribution in [2.45, 2.75) is 32.2 Å². The predicted molar refractivity (Wildman–Crippen MR) is 121 cm³/mol. The normalized spacial score (nSPS) is 15.8. The fraction of sp³-hybridized carbons (Fsp3) is 0.400. The van der Waals surface area contributed by atoms with Gasteiger partial charge in [-0.2, -0.15) is 0 Å². The van der Waals surface area contributed by atoms with Crippen LogP contribution in [0.25, 0.3) is 10.9 Å². The highest BCUT2D eigenvalue weighted by Gasteiger charge is 2.26. The molecule has 1 saturated heterocycles. The first-order valence-corrected chi connectivity index (χ1v) is 10.8. The van der Waals surface area contributed by atoms with Gasteiger partial charge in [0.15, 0.2) is 0 Å². The Morgan fingerprint density at radius 2 is 1.87 bits per heavy atom. The Morgan fingerprint density at radius 3 is 2.63 bits per heavy atom. The third-order valence-corrected chi connectivity index (χ3v) is 6.22. The standard InChI is InChI=1S/C25H31N3O2/c1-18-11-12-21-19(15-18)16-22(27(21)2)25(29)26-17-23(28-13-7-4-8-14-28)20-9-5-6-10-24(20)30-3/h5-6,9-12,15-16,23H,4,7-8,13-14,17H2,1-3H3,(H,26,29)/t23-/m0/s1. The lowest BCUT2D eigenvalue weighted by molar-refractivity contribution is 0.0915. The van der Waals surface area contributed by atoms with Gasteiger partial charge < -0.3 is 14.6 Å². The van der Waals surface area contributed by atoms with Gasteiger partial charge in [-0.25, -0.2) is 0 Å². The summed E-state index contributed by atoms with van der Waals surface area (Å²) in [7, 11) is 3.66. The minimum absolute atomic E-state index is 0.0386. The first-order chi connectivity index (χ1) is 14.6. The second kappa shape index (κ2) is 8.92. The van der Waals surface area contributed by atoms with Crippen LogP contribution in [0.2, 0.25) is 0 Å². The number of likely N-dealkylation sites (tertiary alicyclic amines) is 1. The van der Waals surface area contributed by atoms with Crippen LogP contribution in [0.1, 0.15) is 46.9 Å². The molecule has 30 heavy (non-hydrogen) atoms. The Labute approximate surface area is 178 Å². The fourth-order valence-corrected chi connectivity index (χ4v) is 4.57. The fourth-order valence-electron chi connectivity index (χ4n) is 4.57. The first kappa shape index (κ1) is 20.5. The lowest BCUT2D eigenvalue weighted by Crippen LogP contribution is -2.41. The van der Waals surface area contributed by atoms with Crippen molar-refractivity contribution in [3.8, 4) is 5.75 Å². The van der Waals surface area contributed by atoms with Crippen molar-refractivity contribution in [1.29, 1.82) is 0 Å². The number of para-hydroxylation sites is 1. The van der Waals surface area contributed by atoms with Crippen molar-refractivity contribution in [1.82, 2.24) is 14.8 Å². The molecule has 1 aliphatic heterocycles. The van der Waals surface area contributed by atoms with Crippen LogP contribution in [0.3, 0.4) is 0 Å². The minimum Gasteiger partial charge on any atom is -0.496 e. The van der Waals surface area contributed by atoms with Crippen molar-refractivity contribution in [3.63, 3.8) is 0 Å². The summed E-state index contributed by atoms with van der Waals surface area (Å²) in [6.45, 7) is 4.72. The van der Waals surface area contributed by atoms with E-state index in [9.17, 15) is 4.79 Å². The van der Waals surface area contributed by atoms with Gasteiger partial charge in [-0.05, 0) is 57.1 Å². The molecule has 5 nitrogen and oxygen atoms in total. The number of aryl methyl sites for hydroxylation is 2. The van der Waals surface area contributed by atoms with E-state index in [0.29, 0.717) is 12.2 Å². The molecule has 0 spiro atoms. The highest BCUT2D eigenvalue weighted by molar-refractivity contribution is 5.98. The topological polar surface area (TPSA) is 46.5 Å². The van der Waals surface area contributed by atoms with Crippen molar-refractivity contribution in [2.24, 2.45) is 7.05 Å². The number of hydrogen-bond acceptors (Lipinski definition) is 3. The molecule has 2 heterocycles. The quantitative estimate of drug-likeness (QED) is 0.659. The number of carbonyl (C=O) groups is 1. The number of nitrogens with one attached hydrogen (secondary N) is 1. The van der Waals surface area contributed by atoms with Crippen LogP contribution in [0.5, 0.6) is 5.75 Å². The van der Waals surface area contributed by atoms with Gasteiger partial charge in [-0.3, -0.25) is 9.69 Å². The molecule has 4 rings (SSSR count). The summed E-state index contributed by atoms with van der Waals surface area (Å²) in [5.41, 5.74) is 4.09. The third-order valence-electron chi connectivity index (χ3n) is 6.22. The number of piperidine rings is 1. The van der Waals surface area contributed by atoms with Crippen LogP contribution < -0.4 is 10.1 Å². The Balaban J connectivity index is 1.57. The lowest BCUT2D eigenvalue weighted by Gasteiger charge is -2.35. The molecule has 1 amide bonds. The average molecular weight is 406 g/mol. The van der Waals surface area contributed by atoms with E-state index in [2.05, 4.69) is 41.4 Å². The van der Waals surface area contributed by atoms with Gasteiger partial charge in [-0.1, -0.05) is 36.2 Å². The van der Waals surface area contributed by atoms with Gasteiger partial charge in [0.1, 0.15) is 11.4 Å². The molecular weight excluding hydrogens is 374 g/mol. The van der Waals surface area contributed by atoms with E-state index in [4.69, 9.17) is 4.74 Å². The third kappa shape index (κ3) is 4.08. The molecule has 5 heteroatoms. The smallest absolute Gasteiger partial charge is 0.267 e. The number of benzene rings is 2. The molecular formula is C25H31N3O2. The zero-order chi connectivity index (χ0) is 21.1. The summed E-state index contributed by atoms with van der Waals surface area (Å²) < 4.78 is 7.61. The lowest BCUT2D eigenvalue weighted by atomic mass is 10.0. The molecule has 158 valence electrons. The van der Waals surface area contributed by atoms with Gasteiger partial charge in [-0.15, -0.1) is 0 Å². The summed E-state index contributed by atoms with van der Waals surface area (Å²) >= 11 is 0. The highest BCUT2D eigenvalue weighted by Crippen LogP contribution is 2.31. The zero-order valence-electron chi connectivity index (χ0n) is 18.1. The van der Waals surface area contributed by atoms with E-state index in [1.54, 1.807) is 7.11 Å². The van der Waals surface area contributed by atoms with Gasteiger partial charge >= 0.3 is 0 Å². The molecule has 0 radical (unpaired) electrons. The van der Waals surface area contributed by atoms with Gasteiger partial charge in [0, 0.05) is 30.1 Å². The number of nitrogens with zero attached hydrogens (tertiary/aromatic N) is 2. The van der Waals surface area contributed by atoms with Crippen molar-refractivity contribution >= 4 is 16.8 Å². The van der Waals surface area contributed by atoms with Crippen LogP contribution in [0.4, 0.5) is 0 Å². The number of amides is 1. The largest absolute Gasteiger partial charge is 0.496 e. The first-order valence-electron chi connectivity index (χ1n) is 10.8. The highest BCUT2D eigenvalue weighted by atomic mass is 16.5. The Morgan fingerprint density at radius 1 is 1.10 bits per heavy atom. The minimum atomic E-state index is -0.0386. The maximum atomic E-state index is 13.1. The summed E-state index contributed by atoms with van der Waals surface area (Å²) in [5, 5.41) is 4.30. The zero-order valence-corrected chi connectivity index (χ0v) is 18.1. The molecule has 0 bridgehead atoms. The van der Waals surface area contributed by atoms with Crippen LogP contribution in [-0.4, -0.2) is 42.1 Å². The average Bonchev–Trinajstić information content (AvgIpc) is 3.10. The number of ether oxygens (including phenoxy) is 1. The van der Waals surface area contributed by atoms with Crippen LogP contribution >= 0.6 is 0 Å². The summed E-state index contributed by atoms with van der Waals surface area (Å²) in [6, 6.07) is 16.5. The van der Waals surface area contributed by atoms with E-state index in [1.165, 1.54) is 24.8 Å². The van der Waals surface area contributed by atoms with Crippen molar-refractivity contribution < 1.29 is 9.53 Å². The molecule has 1 N–H and O–H groups in total. The number of hydrogen-bond donors (Lipinski definition) is 1. The summed E-state index contributed by atoms with van der Waals surface area (Å²) in [5.74, 6) is 0.839. The molecule has 0 unspecified atom stereocenters. The number of fused-ring (bicyclic) bond motifs is 1. The second-order valence-electron chi connectivity index (χ2n) is 8.22. The Hall–Kier alpha value is -2.79. The molecule has 1 aromatic heterocycles. The van der Waals surface area contributed by atoms with Gasteiger partial charge in [0.2, 0.25) is 0 Å². The van der Waals surface area contributed by atoms with Gasteiger partial charge in [0.05, 0.1) is 13.2 Å². The maximum absolute atomic E-state index is 13.1. The SMILES string of the molecule is COc1ccccc1[C@H](CNC(=O)c1cc2cc(C)ccc2n1C)N1CCCCC1. The number of carbonyl (C=O) groups excluding carboxylic acids is 1. The van der Waals surface area contributed by atoms with Crippen molar-refractivity contribution in [3.05, 3.63) is 65.4 Å². The maximum Gasteiger partial charge on any atom is 0.267 e. The summed E-state index contributed by atoms with van der Waals surface area (Å²) in [6.07, 6.45) is 3.67. The van der Waals surface area contributed by atoms with E-state index in [0.717, 1.165) is 35.3 Å². The molecule has 1 fully saturated rings. The number of methoxy groups -OCH3 is 1. The molecule has 1 atom stereocenters. The monoisotopic (exact) mass is 405 g/mol. The van der Waals surface area contributed by atoms with E-state index < -0.39 is 0 Å². The summed E-state index contributed by atoms with van der Waals surface area (Å²) in [4.78, 5) is 15.6. The van der Waals surface area contributed by atoms with Crippen LogP contribution in [-0.2, 0) is 7.05 Å². The number of rotatable bonds is 6. The Bertz CT molecular complexity index is 1030. The van der Waals surface area contributed by atoms with Crippen LogP contribution in [0, 0.1) is 6.92 Å². The van der Waals surface area contributed by atoms with E-state index >= 15 is 0 Å². The molecule has 0 saturated carbocycles. The second-order valence-corrected chi connectivity index (χ2v) is 8.22. The van der Waals surface area contributed by atoms with E-state index in [-0.39, 0.29) is 11.9 Å². The Kier molecular flexibility index (Phi) is 6.09. The van der Waals surface area contributed by atoms with Crippen molar-refractivity contribution in [2.75, 3.05) is 26.7 Å². The molecule has 1 aliphatic rings. The van der Waals surface area contributed by atoms with E-state index in [1.807, 2.05) is 35.9 Å². The molecule has 2 aromatic carbocycles. The van der Waals surface area contributed by atoms with Gasteiger partial charge in [0.25, 0.3) is 5.91 Å². The molecule has 3 aromatic rings. The van der Waals surface area contributed by atoms with Crippen LogP contribution in [0.15, 0.2) is 48.5 Å². The number of aromatic nitrogens is 1. The predicted octanol–water partition coefficient (Wildman–Crippen LogP) is 4.45.